The smallest absolute Gasteiger partial charge is 0.221 e. The van der Waals surface area contributed by atoms with E-state index in [1.807, 2.05) is 53.0 Å². The third-order valence-electron chi connectivity index (χ3n) is 3.60. The summed E-state index contributed by atoms with van der Waals surface area (Å²) in [6, 6.07) is 10.2. The molecule has 22 heavy (non-hydrogen) atoms. The maximum atomic E-state index is 12.0. The van der Waals surface area contributed by atoms with Crippen molar-refractivity contribution in [3.05, 3.63) is 48.3 Å². The lowest BCUT2D eigenvalue weighted by atomic mass is 10.2. The molecule has 0 bridgehead atoms. The van der Waals surface area contributed by atoms with Crippen LogP contribution in [0.2, 0.25) is 0 Å². The predicted octanol–water partition coefficient (Wildman–Crippen LogP) is 1.58. The maximum absolute atomic E-state index is 12.0. The van der Waals surface area contributed by atoms with Crippen LogP contribution in [0.5, 0.6) is 0 Å². The van der Waals surface area contributed by atoms with Crippen molar-refractivity contribution in [2.75, 3.05) is 18.1 Å². The van der Waals surface area contributed by atoms with E-state index in [4.69, 9.17) is 0 Å². The standard InChI is InChI=1S/C16H20N4OS/c21-16(10-14-12-22-8-6-17-14)18-11-13-3-1-4-15(9-13)20-7-2-5-19-20/h1-5,7,9,14,17H,6,8,10-12H2,(H,18,21)/t14-/m1/s1. The van der Waals surface area contributed by atoms with Gasteiger partial charge in [-0.05, 0) is 23.8 Å². The first-order chi connectivity index (χ1) is 10.8. The van der Waals surface area contributed by atoms with Gasteiger partial charge in [0.05, 0.1) is 5.69 Å². The maximum Gasteiger partial charge on any atom is 0.221 e. The number of aromatic nitrogens is 2. The van der Waals surface area contributed by atoms with E-state index in [1.165, 1.54) is 0 Å². The van der Waals surface area contributed by atoms with Gasteiger partial charge < -0.3 is 10.6 Å². The van der Waals surface area contributed by atoms with E-state index in [0.29, 0.717) is 19.0 Å². The number of thioether (sulfide) groups is 1. The topological polar surface area (TPSA) is 59.0 Å². The van der Waals surface area contributed by atoms with Gasteiger partial charge in [0.2, 0.25) is 5.91 Å². The number of nitrogens with zero attached hydrogens (tertiary/aromatic N) is 2. The quantitative estimate of drug-likeness (QED) is 0.879. The van der Waals surface area contributed by atoms with Crippen molar-refractivity contribution in [2.24, 2.45) is 0 Å². The minimum Gasteiger partial charge on any atom is -0.352 e. The lowest BCUT2D eigenvalue weighted by molar-refractivity contribution is -0.121. The predicted molar refractivity (Wildman–Crippen MR) is 89.1 cm³/mol. The average molecular weight is 316 g/mol. The van der Waals surface area contributed by atoms with E-state index in [9.17, 15) is 4.79 Å². The molecule has 0 aliphatic carbocycles. The Bertz CT molecular complexity index is 608. The molecule has 3 rings (SSSR count). The third kappa shape index (κ3) is 4.11. The molecule has 6 heteroatoms. The van der Waals surface area contributed by atoms with Crippen LogP contribution in [-0.4, -0.2) is 39.8 Å². The highest BCUT2D eigenvalue weighted by atomic mass is 32.2. The van der Waals surface area contributed by atoms with Crippen LogP contribution in [0.15, 0.2) is 42.7 Å². The molecule has 1 amide bonds. The molecule has 1 aromatic carbocycles. The monoisotopic (exact) mass is 316 g/mol. The van der Waals surface area contributed by atoms with Gasteiger partial charge in [-0.2, -0.15) is 16.9 Å². The number of carbonyl (C=O) groups excluding carboxylic acids is 1. The largest absolute Gasteiger partial charge is 0.352 e. The van der Waals surface area contributed by atoms with Gasteiger partial charge in [0.15, 0.2) is 0 Å². The number of nitrogens with one attached hydrogen (secondary N) is 2. The molecule has 1 aliphatic heterocycles. The van der Waals surface area contributed by atoms with Crippen molar-refractivity contribution in [2.45, 2.75) is 19.0 Å². The highest BCUT2D eigenvalue weighted by Gasteiger charge is 2.16. The summed E-state index contributed by atoms with van der Waals surface area (Å²) >= 11 is 1.91. The molecule has 1 fully saturated rings. The van der Waals surface area contributed by atoms with E-state index in [0.717, 1.165) is 29.3 Å². The molecular formula is C16H20N4OS. The Morgan fingerprint density at radius 2 is 2.41 bits per heavy atom. The van der Waals surface area contributed by atoms with Crippen LogP contribution >= 0.6 is 11.8 Å². The van der Waals surface area contributed by atoms with Crippen LogP contribution in [0.1, 0.15) is 12.0 Å². The van der Waals surface area contributed by atoms with E-state index in [2.05, 4.69) is 15.7 Å². The number of rotatable bonds is 5. The summed E-state index contributed by atoms with van der Waals surface area (Å²) in [5.41, 5.74) is 2.08. The van der Waals surface area contributed by atoms with Gasteiger partial charge in [-0.15, -0.1) is 0 Å². The molecule has 0 unspecified atom stereocenters. The first-order valence-electron chi connectivity index (χ1n) is 7.48. The lowest BCUT2D eigenvalue weighted by Gasteiger charge is -2.22. The zero-order valence-electron chi connectivity index (χ0n) is 12.4. The zero-order chi connectivity index (χ0) is 15.2. The van der Waals surface area contributed by atoms with Crippen molar-refractivity contribution in [1.29, 1.82) is 0 Å². The number of hydrogen-bond donors (Lipinski definition) is 2. The van der Waals surface area contributed by atoms with Crippen molar-refractivity contribution in [3.8, 4) is 5.69 Å². The SMILES string of the molecule is O=C(C[C@@H]1CSCCN1)NCc1cccc(-n2cccn2)c1. The van der Waals surface area contributed by atoms with Gasteiger partial charge in [0, 0.05) is 49.5 Å². The van der Waals surface area contributed by atoms with E-state index < -0.39 is 0 Å². The van der Waals surface area contributed by atoms with Gasteiger partial charge in [0.1, 0.15) is 0 Å². The Hall–Kier alpha value is -1.79. The summed E-state index contributed by atoms with van der Waals surface area (Å²) in [4.78, 5) is 12.0. The fourth-order valence-corrected chi connectivity index (χ4v) is 3.43. The van der Waals surface area contributed by atoms with Crippen LogP contribution in [0, 0.1) is 0 Å². The number of benzene rings is 1. The van der Waals surface area contributed by atoms with Crippen LogP contribution in [0.3, 0.4) is 0 Å². The zero-order valence-corrected chi connectivity index (χ0v) is 13.2. The minimum atomic E-state index is 0.101. The molecule has 2 N–H and O–H groups in total. The third-order valence-corrected chi connectivity index (χ3v) is 4.73. The van der Waals surface area contributed by atoms with Crippen molar-refractivity contribution in [3.63, 3.8) is 0 Å². The van der Waals surface area contributed by atoms with Gasteiger partial charge in [-0.3, -0.25) is 4.79 Å². The lowest BCUT2D eigenvalue weighted by Crippen LogP contribution is -2.41. The summed E-state index contributed by atoms with van der Waals surface area (Å²) < 4.78 is 1.81. The number of hydrogen-bond acceptors (Lipinski definition) is 4. The molecule has 1 saturated heterocycles. The van der Waals surface area contributed by atoms with E-state index in [1.54, 1.807) is 6.20 Å². The van der Waals surface area contributed by atoms with Gasteiger partial charge in [0.25, 0.3) is 0 Å². The summed E-state index contributed by atoms with van der Waals surface area (Å²) in [7, 11) is 0. The molecule has 0 saturated carbocycles. The van der Waals surface area contributed by atoms with Crippen molar-refractivity contribution in [1.82, 2.24) is 20.4 Å². The molecule has 0 radical (unpaired) electrons. The normalized spacial score (nSPS) is 18.1. The first kappa shape index (κ1) is 15.1. The van der Waals surface area contributed by atoms with Crippen LogP contribution in [0.25, 0.3) is 5.69 Å². The van der Waals surface area contributed by atoms with Crippen molar-refractivity contribution >= 4 is 17.7 Å². The molecule has 2 heterocycles. The van der Waals surface area contributed by atoms with Gasteiger partial charge >= 0.3 is 0 Å². The molecule has 0 spiro atoms. The second-order valence-corrected chi connectivity index (χ2v) is 6.48. The Kier molecular flexibility index (Phi) is 5.13. The molecule has 5 nitrogen and oxygen atoms in total. The van der Waals surface area contributed by atoms with Gasteiger partial charge in [-0.25, -0.2) is 4.68 Å². The van der Waals surface area contributed by atoms with Crippen LogP contribution in [-0.2, 0) is 11.3 Å². The fourth-order valence-electron chi connectivity index (χ4n) is 2.48. The minimum absolute atomic E-state index is 0.101. The Labute approximate surface area is 134 Å². The van der Waals surface area contributed by atoms with E-state index >= 15 is 0 Å². The highest BCUT2D eigenvalue weighted by molar-refractivity contribution is 7.99. The number of carbonyl (C=O) groups is 1. The molecular weight excluding hydrogens is 296 g/mol. The molecule has 116 valence electrons. The summed E-state index contributed by atoms with van der Waals surface area (Å²) in [5.74, 6) is 2.25. The first-order valence-corrected chi connectivity index (χ1v) is 8.63. The molecule has 2 aromatic rings. The summed E-state index contributed by atoms with van der Waals surface area (Å²) in [5, 5.41) is 10.6. The van der Waals surface area contributed by atoms with Gasteiger partial charge in [-0.1, -0.05) is 12.1 Å². The second-order valence-electron chi connectivity index (χ2n) is 5.33. The fraction of sp³-hybridized carbons (Fsp3) is 0.375. The second kappa shape index (κ2) is 7.47. The van der Waals surface area contributed by atoms with E-state index in [-0.39, 0.29) is 5.91 Å². The summed E-state index contributed by atoms with van der Waals surface area (Å²) in [6.07, 6.45) is 4.21. The van der Waals surface area contributed by atoms with Crippen molar-refractivity contribution < 1.29 is 4.79 Å². The number of amides is 1. The average Bonchev–Trinajstić information content (AvgIpc) is 3.09. The molecule has 1 aromatic heterocycles. The Morgan fingerprint density at radius 3 is 3.18 bits per heavy atom. The van der Waals surface area contributed by atoms with Crippen LogP contribution in [0.4, 0.5) is 0 Å². The Morgan fingerprint density at radius 1 is 1.45 bits per heavy atom. The molecule has 1 aliphatic rings. The van der Waals surface area contributed by atoms with Crippen LogP contribution < -0.4 is 10.6 Å². The molecule has 1 atom stereocenters. The highest BCUT2D eigenvalue weighted by Crippen LogP contribution is 2.11. The summed E-state index contributed by atoms with van der Waals surface area (Å²) in [6.45, 7) is 1.54. The Balaban J connectivity index is 1.52.